The number of amides is 1. The Morgan fingerprint density at radius 3 is 2.60 bits per heavy atom. The van der Waals surface area contributed by atoms with Crippen LogP contribution < -0.4 is 5.32 Å². The first-order valence-corrected chi connectivity index (χ1v) is 8.64. The van der Waals surface area contributed by atoms with Crippen molar-refractivity contribution in [2.24, 2.45) is 0 Å². The summed E-state index contributed by atoms with van der Waals surface area (Å²) in [6.45, 7) is 3.76. The maximum absolute atomic E-state index is 13.1. The van der Waals surface area contributed by atoms with Crippen molar-refractivity contribution in [3.8, 4) is 0 Å². The number of nitrogens with zero attached hydrogens (tertiary/aromatic N) is 3. The first-order valence-electron chi connectivity index (χ1n) is 8.26. The van der Waals surface area contributed by atoms with Gasteiger partial charge in [0.2, 0.25) is 5.95 Å². The standard InChI is InChI=1S/C19H17ClN4O/c1-10-8-11(2)22-19(21-10)24-18(25)17-13-4-3-5-15(13)23-16-7-6-12(20)9-14(16)17/h6-9H,3-5H2,1-2H3,(H,21,22,24,25). The predicted molar refractivity (Wildman–Crippen MR) is 98.2 cm³/mol. The Hall–Kier alpha value is -2.53. The quantitative estimate of drug-likeness (QED) is 0.755. The minimum atomic E-state index is -0.210. The van der Waals surface area contributed by atoms with E-state index >= 15 is 0 Å². The molecule has 0 bridgehead atoms. The van der Waals surface area contributed by atoms with Gasteiger partial charge in [0.15, 0.2) is 0 Å². The monoisotopic (exact) mass is 352 g/mol. The van der Waals surface area contributed by atoms with Crippen molar-refractivity contribution in [1.82, 2.24) is 15.0 Å². The molecule has 1 amide bonds. The molecule has 2 aromatic heterocycles. The Kier molecular flexibility index (Phi) is 3.88. The van der Waals surface area contributed by atoms with Crippen molar-refractivity contribution in [2.75, 3.05) is 5.32 Å². The highest BCUT2D eigenvalue weighted by molar-refractivity contribution is 6.31. The first kappa shape index (κ1) is 16.0. The maximum Gasteiger partial charge on any atom is 0.259 e. The van der Waals surface area contributed by atoms with Crippen molar-refractivity contribution in [2.45, 2.75) is 33.1 Å². The molecule has 1 aliphatic rings. The summed E-state index contributed by atoms with van der Waals surface area (Å²) in [7, 11) is 0. The number of aryl methyl sites for hydroxylation is 3. The summed E-state index contributed by atoms with van der Waals surface area (Å²) in [4.78, 5) is 26.4. The third-order valence-corrected chi connectivity index (χ3v) is 4.64. The van der Waals surface area contributed by atoms with Crippen LogP contribution in [0, 0.1) is 13.8 Å². The molecule has 3 aromatic rings. The molecule has 1 N–H and O–H groups in total. The van der Waals surface area contributed by atoms with E-state index in [2.05, 4.69) is 15.3 Å². The molecule has 5 nitrogen and oxygen atoms in total. The van der Waals surface area contributed by atoms with Gasteiger partial charge < -0.3 is 0 Å². The fourth-order valence-corrected chi connectivity index (χ4v) is 3.61. The molecule has 0 spiro atoms. The summed E-state index contributed by atoms with van der Waals surface area (Å²) in [6.07, 6.45) is 2.75. The van der Waals surface area contributed by atoms with Crippen molar-refractivity contribution < 1.29 is 4.79 Å². The molecule has 0 aliphatic heterocycles. The van der Waals surface area contributed by atoms with Crippen LogP contribution in [0.5, 0.6) is 0 Å². The van der Waals surface area contributed by atoms with E-state index < -0.39 is 0 Å². The number of hydrogen-bond acceptors (Lipinski definition) is 4. The van der Waals surface area contributed by atoms with Gasteiger partial charge in [-0.3, -0.25) is 15.1 Å². The number of pyridine rings is 1. The van der Waals surface area contributed by atoms with E-state index in [1.807, 2.05) is 26.0 Å². The average molecular weight is 353 g/mol. The summed E-state index contributed by atoms with van der Waals surface area (Å²) >= 11 is 6.16. The zero-order valence-corrected chi connectivity index (χ0v) is 14.8. The number of anilines is 1. The summed E-state index contributed by atoms with van der Waals surface area (Å²) in [5, 5.41) is 4.21. The maximum atomic E-state index is 13.1. The highest BCUT2D eigenvalue weighted by Crippen LogP contribution is 2.31. The fraction of sp³-hybridized carbons (Fsp3) is 0.263. The highest BCUT2D eigenvalue weighted by atomic mass is 35.5. The normalized spacial score (nSPS) is 13.1. The number of aromatic nitrogens is 3. The van der Waals surface area contributed by atoms with Gasteiger partial charge >= 0.3 is 0 Å². The van der Waals surface area contributed by atoms with Crippen molar-refractivity contribution in [3.63, 3.8) is 0 Å². The second-order valence-electron chi connectivity index (χ2n) is 6.36. The molecule has 126 valence electrons. The number of fused-ring (bicyclic) bond motifs is 2. The van der Waals surface area contributed by atoms with Crippen LogP contribution in [0.2, 0.25) is 5.02 Å². The largest absolute Gasteiger partial charge is 0.290 e. The van der Waals surface area contributed by atoms with E-state index in [1.54, 1.807) is 12.1 Å². The molecule has 0 unspecified atom stereocenters. The lowest BCUT2D eigenvalue weighted by Crippen LogP contribution is -2.18. The zero-order valence-electron chi connectivity index (χ0n) is 14.1. The molecule has 2 heterocycles. The molecule has 0 saturated carbocycles. The lowest BCUT2D eigenvalue weighted by molar-refractivity contribution is 0.102. The van der Waals surface area contributed by atoms with Crippen LogP contribution in [-0.2, 0) is 12.8 Å². The second-order valence-corrected chi connectivity index (χ2v) is 6.79. The van der Waals surface area contributed by atoms with Crippen LogP contribution in [0.4, 0.5) is 5.95 Å². The van der Waals surface area contributed by atoms with Crippen LogP contribution in [0.3, 0.4) is 0 Å². The SMILES string of the molecule is Cc1cc(C)nc(NC(=O)c2c3c(nc4ccc(Cl)cc24)CCC3)n1. The van der Waals surface area contributed by atoms with E-state index in [-0.39, 0.29) is 5.91 Å². The van der Waals surface area contributed by atoms with Crippen LogP contribution in [0.15, 0.2) is 24.3 Å². The van der Waals surface area contributed by atoms with Gasteiger partial charge in [-0.25, -0.2) is 9.97 Å². The Morgan fingerprint density at radius 1 is 1.08 bits per heavy atom. The van der Waals surface area contributed by atoms with E-state index in [1.165, 1.54) is 0 Å². The summed E-state index contributed by atoms with van der Waals surface area (Å²) in [5.74, 6) is 0.110. The van der Waals surface area contributed by atoms with Crippen LogP contribution >= 0.6 is 11.6 Å². The molecule has 0 radical (unpaired) electrons. The lowest BCUT2D eigenvalue weighted by Gasteiger charge is -2.13. The number of nitrogens with one attached hydrogen (secondary N) is 1. The Labute approximate surface area is 150 Å². The Bertz CT molecular complexity index is 996. The highest BCUT2D eigenvalue weighted by Gasteiger charge is 2.24. The number of halogens is 1. The minimum absolute atomic E-state index is 0.210. The topological polar surface area (TPSA) is 67.8 Å². The summed E-state index contributed by atoms with van der Waals surface area (Å²) in [6, 6.07) is 7.34. The van der Waals surface area contributed by atoms with E-state index in [0.717, 1.165) is 52.8 Å². The third-order valence-electron chi connectivity index (χ3n) is 4.41. The molecular formula is C19H17ClN4O. The summed E-state index contributed by atoms with van der Waals surface area (Å²) < 4.78 is 0. The van der Waals surface area contributed by atoms with Gasteiger partial charge in [0, 0.05) is 27.5 Å². The molecule has 0 saturated heterocycles. The van der Waals surface area contributed by atoms with Gasteiger partial charge in [-0.15, -0.1) is 0 Å². The van der Waals surface area contributed by atoms with Crippen molar-refractivity contribution in [1.29, 1.82) is 0 Å². The first-order chi connectivity index (χ1) is 12.0. The molecular weight excluding hydrogens is 336 g/mol. The van der Waals surface area contributed by atoms with Crippen LogP contribution in [0.25, 0.3) is 10.9 Å². The minimum Gasteiger partial charge on any atom is -0.290 e. The van der Waals surface area contributed by atoms with E-state index in [0.29, 0.717) is 16.5 Å². The van der Waals surface area contributed by atoms with Gasteiger partial charge in [0.05, 0.1) is 11.1 Å². The van der Waals surface area contributed by atoms with Gasteiger partial charge in [-0.1, -0.05) is 11.6 Å². The molecule has 1 aliphatic carbocycles. The predicted octanol–water partition coefficient (Wildman–Crippen LogP) is 4.04. The molecule has 1 aromatic carbocycles. The smallest absolute Gasteiger partial charge is 0.259 e. The van der Waals surface area contributed by atoms with Gasteiger partial charge in [-0.2, -0.15) is 0 Å². The summed E-state index contributed by atoms with van der Waals surface area (Å²) in [5.41, 5.74) is 5.07. The third kappa shape index (κ3) is 2.96. The second kappa shape index (κ2) is 6.08. The van der Waals surface area contributed by atoms with Crippen LogP contribution in [0.1, 0.15) is 39.4 Å². The Morgan fingerprint density at radius 2 is 1.84 bits per heavy atom. The molecule has 25 heavy (non-hydrogen) atoms. The number of hydrogen-bond donors (Lipinski definition) is 1. The molecule has 6 heteroatoms. The fourth-order valence-electron chi connectivity index (χ4n) is 3.44. The number of carbonyl (C=O) groups is 1. The molecule has 0 atom stereocenters. The van der Waals surface area contributed by atoms with E-state index in [9.17, 15) is 4.79 Å². The van der Waals surface area contributed by atoms with Crippen LogP contribution in [-0.4, -0.2) is 20.9 Å². The van der Waals surface area contributed by atoms with E-state index in [4.69, 9.17) is 16.6 Å². The van der Waals surface area contributed by atoms with Crippen molar-refractivity contribution >= 4 is 34.4 Å². The van der Waals surface area contributed by atoms with Gasteiger partial charge in [-0.05, 0) is 62.9 Å². The zero-order chi connectivity index (χ0) is 17.6. The van der Waals surface area contributed by atoms with Gasteiger partial charge in [0.25, 0.3) is 5.91 Å². The average Bonchev–Trinajstić information content (AvgIpc) is 2.99. The number of carbonyl (C=O) groups excluding carboxylic acids is 1. The lowest BCUT2D eigenvalue weighted by atomic mass is 10.0. The Balaban J connectivity index is 1.84. The molecule has 4 rings (SSSR count). The molecule has 0 fully saturated rings. The van der Waals surface area contributed by atoms with Gasteiger partial charge in [0.1, 0.15) is 0 Å². The van der Waals surface area contributed by atoms with Crippen molar-refractivity contribution in [3.05, 3.63) is 57.5 Å². The number of benzene rings is 1. The number of rotatable bonds is 2.